The number of nitriles is 1. The van der Waals surface area contributed by atoms with Gasteiger partial charge in [-0.05, 0) is 36.4 Å². The molecule has 0 heterocycles. The monoisotopic (exact) mass is 299 g/mol. The molecule has 106 valence electrons. The van der Waals surface area contributed by atoms with Gasteiger partial charge in [0.1, 0.15) is 6.07 Å². The van der Waals surface area contributed by atoms with Crippen LogP contribution in [-0.2, 0) is 4.79 Å². The lowest BCUT2D eigenvalue weighted by Crippen LogP contribution is -2.16. The number of rotatable bonds is 5. The van der Waals surface area contributed by atoms with Crippen molar-refractivity contribution < 1.29 is 4.79 Å². The standard InChI is InChI=1S/C16H14ClN3O/c17-13-5-7-14(8-6-13)20-16(21)9-10-19-15-4-2-1-3-12(15)11-18/h1-8,19H,9-10H2,(H,20,21). The predicted octanol–water partition coefficient (Wildman–Crippen LogP) is 3.65. The number of amides is 1. The third-order valence-corrected chi connectivity index (χ3v) is 3.09. The van der Waals surface area contributed by atoms with Gasteiger partial charge >= 0.3 is 0 Å². The number of carbonyl (C=O) groups excluding carboxylic acids is 1. The van der Waals surface area contributed by atoms with E-state index in [4.69, 9.17) is 16.9 Å². The first-order valence-corrected chi connectivity index (χ1v) is 6.85. The number of hydrogen-bond acceptors (Lipinski definition) is 3. The molecule has 0 saturated carbocycles. The zero-order chi connectivity index (χ0) is 15.1. The summed E-state index contributed by atoms with van der Waals surface area (Å²) in [6.45, 7) is 0.456. The fourth-order valence-corrected chi connectivity index (χ4v) is 1.93. The zero-order valence-electron chi connectivity index (χ0n) is 11.3. The van der Waals surface area contributed by atoms with E-state index in [1.165, 1.54) is 0 Å². The quantitative estimate of drug-likeness (QED) is 0.885. The number of hydrogen-bond donors (Lipinski definition) is 2. The van der Waals surface area contributed by atoms with Crippen LogP contribution >= 0.6 is 11.6 Å². The minimum atomic E-state index is -0.0979. The lowest BCUT2D eigenvalue weighted by atomic mass is 10.2. The van der Waals surface area contributed by atoms with Gasteiger partial charge in [-0.15, -0.1) is 0 Å². The summed E-state index contributed by atoms with van der Waals surface area (Å²) in [7, 11) is 0. The molecule has 0 saturated heterocycles. The van der Waals surface area contributed by atoms with E-state index in [1.807, 2.05) is 12.1 Å². The first kappa shape index (κ1) is 14.9. The van der Waals surface area contributed by atoms with Crippen molar-refractivity contribution in [1.29, 1.82) is 5.26 Å². The molecule has 0 bridgehead atoms. The van der Waals surface area contributed by atoms with E-state index in [2.05, 4.69) is 16.7 Å². The fraction of sp³-hybridized carbons (Fsp3) is 0.125. The van der Waals surface area contributed by atoms with Gasteiger partial charge < -0.3 is 10.6 Å². The Kier molecular flexibility index (Phi) is 5.19. The van der Waals surface area contributed by atoms with Crippen molar-refractivity contribution in [2.75, 3.05) is 17.2 Å². The topological polar surface area (TPSA) is 64.9 Å². The Morgan fingerprint density at radius 1 is 1.14 bits per heavy atom. The minimum absolute atomic E-state index is 0.0979. The minimum Gasteiger partial charge on any atom is -0.383 e. The van der Waals surface area contributed by atoms with Crippen LogP contribution in [0.2, 0.25) is 5.02 Å². The van der Waals surface area contributed by atoms with Crippen molar-refractivity contribution >= 4 is 28.9 Å². The molecule has 0 spiro atoms. The van der Waals surface area contributed by atoms with E-state index in [0.717, 1.165) is 5.69 Å². The molecule has 0 fully saturated rings. The highest BCUT2D eigenvalue weighted by Gasteiger charge is 2.04. The largest absolute Gasteiger partial charge is 0.383 e. The molecular formula is C16H14ClN3O. The Morgan fingerprint density at radius 2 is 1.86 bits per heavy atom. The Balaban J connectivity index is 1.82. The maximum absolute atomic E-state index is 11.8. The fourth-order valence-electron chi connectivity index (χ4n) is 1.80. The van der Waals surface area contributed by atoms with Crippen LogP contribution in [-0.4, -0.2) is 12.5 Å². The third kappa shape index (κ3) is 4.51. The van der Waals surface area contributed by atoms with Gasteiger partial charge in [0.15, 0.2) is 0 Å². The SMILES string of the molecule is N#Cc1ccccc1NCCC(=O)Nc1ccc(Cl)cc1. The normalized spacial score (nSPS) is 9.71. The summed E-state index contributed by atoms with van der Waals surface area (Å²) >= 11 is 5.78. The van der Waals surface area contributed by atoms with Crippen LogP contribution in [0.15, 0.2) is 48.5 Å². The molecule has 2 rings (SSSR count). The van der Waals surface area contributed by atoms with Crippen LogP contribution in [0.4, 0.5) is 11.4 Å². The van der Waals surface area contributed by atoms with Gasteiger partial charge in [-0.2, -0.15) is 5.26 Å². The maximum Gasteiger partial charge on any atom is 0.226 e. The summed E-state index contributed by atoms with van der Waals surface area (Å²) in [6.07, 6.45) is 0.308. The lowest BCUT2D eigenvalue weighted by Gasteiger charge is -2.08. The third-order valence-electron chi connectivity index (χ3n) is 2.84. The van der Waals surface area contributed by atoms with Crippen molar-refractivity contribution in [3.05, 3.63) is 59.1 Å². The molecule has 0 aliphatic rings. The molecule has 0 radical (unpaired) electrons. The highest BCUT2D eigenvalue weighted by molar-refractivity contribution is 6.30. The van der Waals surface area contributed by atoms with Crippen LogP contribution < -0.4 is 10.6 Å². The second-order valence-corrected chi connectivity index (χ2v) is 4.83. The molecule has 0 aliphatic heterocycles. The Labute approximate surface area is 128 Å². The molecule has 2 aromatic rings. The second kappa shape index (κ2) is 7.32. The van der Waals surface area contributed by atoms with E-state index >= 15 is 0 Å². The van der Waals surface area contributed by atoms with E-state index in [-0.39, 0.29) is 5.91 Å². The highest BCUT2D eigenvalue weighted by atomic mass is 35.5. The Bertz CT molecular complexity index is 662. The van der Waals surface area contributed by atoms with Gasteiger partial charge in [0.05, 0.1) is 11.3 Å². The molecule has 0 aliphatic carbocycles. The molecule has 2 aromatic carbocycles. The summed E-state index contributed by atoms with van der Waals surface area (Å²) in [5.74, 6) is -0.0979. The van der Waals surface area contributed by atoms with Crippen molar-refractivity contribution in [3.8, 4) is 6.07 Å². The van der Waals surface area contributed by atoms with Crippen molar-refractivity contribution in [2.45, 2.75) is 6.42 Å². The average Bonchev–Trinajstić information content (AvgIpc) is 2.50. The zero-order valence-corrected chi connectivity index (χ0v) is 12.0. The number of carbonyl (C=O) groups is 1. The number of halogens is 1. The van der Waals surface area contributed by atoms with E-state index < -0.39 is 0 Å². The van der Waals surface area contributed by atoms with Gasteiger partial charge in [-0.3, -0.25) is 4.79 Å². The second-order valence-electron chi connectivity index (χ2n) is 4.39. The van der Waals surface area contributed by atoms with Gasteiger partial charge in [-0.25, -0.2) is 0 Å². The molecule has 4 nitrogen and oxygen atoms in total. The molecule has 5 heteroatoms. The van der Waals surface area contributed by atoms with Crippen LogP contribution in [0, 0.1) is 11.3 Å². The van der Waals surface area contributed by atoms with Gasteiger partial charge in [0.2, 0.25) is 5.91 Å². The van der Waals surface area contributed by atoms with E-state index in [9.17, 15) is 4.79 Å². The first-order valence-electron chi connectivity index (χ1n) is 6.47. The Hall–Kier alpha value is -2.51. The van der Waals surface area contributed by atoms with Crippen molar-refractivity contribution in [1.82, 2.24) is 0 Å². The number of para-hydroxylation sites is 1. The number of benzene rings is 2. The molecule has 21 heavy (non-hydrogen) atoms. The Morgan fingerprint density at radius 3 is 2.57 bits per heavy atom. The van der Waals surface area contributed by atoms with Crippen LogP contribution in [0.1, 0.15) is 12.0 Å². The summed E-state index contributed by atoms with van der Waals surface area (Å²) in [6, 6.07) is 16.2. The molecule has 2 N–H and O–H groups in total. The first-order chi connectivity index (χ1) is 10.2. The van der Waals surface area contributed by atoms with Gasteiger partial charge in [0.25, 0.3) is 0 Å². The maximum atomic E-state index is 11.8. The van der Waals surface area contributed by atoms with Crippen LogP contribution in [0.3, 0.4) is 0 Å². The van der Waals surface area contributed by atoms with Gasteiger partial charge in [0, 0.05) is 23.7 Å². The summed E-state index contributed by atoms with van der Waals surface area (Å²) in [5.41, 5.74) is 2.01. The van der Waals surface area contributed by atoms with Crippen molar-refractivity contribution in [3.63, 3.8) is 0 Å². The summed E-state index contributed by atoms with van der Waals surface area (Å²) in [4.78, 5) is 11.8. The number of anilines is 2. The predicted molar refractivity (Wildman–Crippen MR) is 84.3 cm³/mol. The molecule has 1 amide bonds. The van der Waals surface area contributed by atoms with E-state index in [1.54, 1.807) is 36.4 Å². The number of nitrogens with one attached hydrogen (secondary N) is 2. The highest BCUT2D eigenvalue weighted by Crippen LogP contribution is 2.15. The lowest BCUT2D eigenvalue weighted by molar-refractivity contribution is -0.115. The van der Waals surface area contributed by atoms with Crippen LogP contribution in [0.25, 0.3) is 0 Å². The van der Waals surface area contributed by atoms with Crippen molar-refractivity contribution in [2.24, 2.45) is 0 Å². The van der Waals surface area contributed by atoms with E-state index in [0.29, 0.717) is 29.2 Å². The summed E-state index contributed by atoms with van der Waals surface area (Å²) < 4.78 is 0. The average molecular weight is 300 g/mol. The molecule has 0 atom stereocenters. The molecule has 0 unspecified atom stereocenters. The van der Waals surface area contributed by atoms with Crippen LogP contribution in [0.5, 0.6) is 0 Å². The molecular weight excluding hydrogens is 286 g/mol. The smallest absolute Gasteiger partial charge is 0.226 e. The summed E-state index contributed by atoms with van der Waals surface area (Å²) in [5, 5.41) is 15.5. The van der Waals surface area contributed by atoms with Gasteiger partial charge in [-0.1, -0.05) is 23.7 Å². The number of nitrogens with zero attached hydrogens (tertiary/aromatic N) is 1. The molecule has 0 aromatic heterocycles.